The van der Waals surface area contributed by atoms with Gasteiger partial charge in [-0.05, 0) is 12.3 Å². The van der Waals surface area contributed by atoms with E-state index < -0.39 is 42.4 Å². The van der Waals surface area contributed by atoms with Crippen molar-refractivity contribution in [3.63, 3.8) is 0 Å². The second-order valence-corrected chi connectivity index (χ2v) is 5.02. The molecule has 0 heterocycles. The number of carbonyl (C=O) groups excluding carboxylic acids is 2. The number of carboxylic acids is 2. The Labute approximate surface area is 128 Å². The molecule has 9 heteroatoms. The van der Waals surface area contributed by atoms with Crippen LogP contribution in [0.3, 0.4) is 0 Å². The van der Waals surface area contributed by atoms with Gasteiger partial charge in [-0.2, -0.15) is 0 Å². The number of hydrogen-bond acceptors (Lipinski definition) is 5. The molecule has 22 heavy (non-hydrogen) atoms. The van der Waals surface area contributed by atoms with Crippen molar-refractivity contribution < 1.29 is 29.4 Å². The zero-order chi connectivity index (χ0) is 17.3. The molecule has 2 amide bonds. The SMILES string of the molecule is CC[C@H](C)[C@H](NC(=O)[C@@H](N)CCC(=O)O)C(=O)NCC(=O)O. The standard InChI is InChI=1S/C13H23N3O6/c1-3-7(2)11(13(22)15-6-10(19)20)16-12(21)8(14)4-5-9(17)18/h7-8,11H,3-6,14H2,1-2H3,(H,15,22)(H,16,21)(H,17,18)(H,19,20)/t7-,8-,11-/m0/s1. The predicted molar refractivity (Wildman–Crippen MR) is 76.9 cm³/mol. The van der Waals surface area contributed by atoms with Crippen LogP contribution in [0.1, 0.15) is 33.1 Å². The van der Waals surface area contributed by atoms with Crippen LogP contribution in [-0.2, 0) is 19.2 Å². The van der Waals surface area contributed by atoms with Crippen molar-refractivity contribution in [1.82, 2.24) is 10.6 Å². The molecule has 0 aromatic rings. The number of nitrogens with two attached hydrogens (primary N) is 1. The molecule has 9 nitrogen and oxygen atoms in total. The van der Waals surface area contributed by atoms with Crippen molar-refractivity contribution in [2.45, 2.75) is 45.2 Å². The smallest absolute Gasteiger partial charge is 0.322 e. The molecule has 6 N–H and O–H groups in total. The molecule has 0 aromatic heterocycles. The van der Waals surface area contributed by atoms with Crippen molar-refractivity contribution in [2.75, 3.05) is 6.54 Å². The van der Waals surface area contributed by atoms with Gasteiger partial charge in [-0.15, -0.1) is 0 Å². The maximum Gasteiger partial charge on any atom is 0.322 e. The first kappa shape index (κ1) is 19.8. The van der Waals surface area contributed by atoms with Crippen molar-refractivity contribution in [3.05, 3.63) is 0 Å². The van der Waals surface area contributed by atoms with Gasteiger partial charge < -0.3 is 26.6 Å². The molecule has 0 radical (unpaired) electrons. The molecule has 0 saturated carbocycles. The van der Waals surface area contributed by atoms with Crippen molar-refractivity contribution in [2.24, 2.45) is 11.7 Å². The average molecular weight is 317 g/mol. The average Bonchev–Trinajstić information content (AvgIpc) is 2.46. The molecule has 0 aliphatic heterocycles. The second-order valence-electron chi connectivity index (χ2n) is 5.02. The number of hydrogen-bond donors (Lipinski definition) is 5. The fraction of sp³-hybridized carbons (Fsp3) is 0.692. The molecule has 0 unspecified atom stereocenters. The summed E-state index contributed by atoms with van der Waals surface area (Å²) >= 11 is 0. The van der Waals surface area contributed by atoms with Crippen LogP contribution in [0.15, 0.2) is 0 Å². The number of carboxylic acid groups (broad SMARTS) is 2. The molecule has 0 rings (SSSR count). The third-order valence-electron chi connectivity index (χ3n) is 3.21. The lowest BCUT2D eigenvalue weighted by Gasteiger charge is -2.24. The number of rotatable bonds is 10. The summed E-state index contributed by atoms with van der Waals surface area (Å²) < 4.78 is 0. The lowest BCUT2D eigenvalue weighted by atomic mass is 9.97. The van der Waals surface area contributed by atoms with Gasteiger partial charge in [0, 0.05) is 6.42 Å². The number of aliphatic carboxylic acids is 2. The van der Waals surface area contributed by atoms with E-state index in [1.54, 1.807) is 6.92 Å². The van der Waals surface area contributed by atoms with Crippen LogP contribution in [0.25, 0.3) is 0 Å². The Balaban J connectivity index is 4.70. The molecule has 0 aliphatic rings. The summed E-state index contributed by atoms with van der Waals surface area (Å²) in [5, 5.41) is 21.8. The maximum absolute atomic E-state index is 11.9. The van der Waals surface area contributed by atoms with Crippen LogP contribution in [0.2, 0.25) is 0 Å². The molecular weight excluding hydrogens is 294 g/mol. The fourth-order valence-corrected chi connectivity index (χ4v) is 1.64. The maximum atomic E-state index is 11.9. The largest absolute Gasteiger partial charge is 0.481 e. The highest BCUT2D eigenvalue weighted by molar-refractivity contribution is 5.91. The number of carbonyl (C=O) groups is 4. The second kappa shape index (κ2) is 9.72. The van der Waals surface area contributed by atoms with Crippen molar-refractivity contribution in [1.29, 1.82) is 0 Å². The summed E-state index contributed by atoms with van der Waals surface area (Å²) in [5.41, 5.74) is 5.58. The van der Waals surface area contributed by atoms with Gasteiger partial charge in [0.2, 0.25) is 11.8 Å². The Bertz CT molecular complexity index is 426. The van der Waals surface area contributed by atoms with Gasteiger partial charge in [-0.25, -0.2) is 0 Å². The Morgan fingerprint density at radius 1 is 1.09 bits per heavy atom. The molecule has 126 valence electrons. The van der Waals surface area contributed by atoms with E-state index in [0.717, 1.165) is 0 Å². The predicted octanol–water partition coefficient (Wildman–Crippen LogP) is -1.09. The molecule has 0 aliphatic carbocycles. The third kappa shape index (κ3) is 7.58. The molecule has 0 saturated heterocycles. The van der Waals surface area contributed by atoms with Crippen LogP contribution in [0.4, 0.5) is 0 Å². The topological polar surface area (TPSA) is 159 Å². The van der Waals surface area contributed by atoms with Gasteiger partial charge in [-0.3, -0.25) is 19.2 Å². The summed E-state index contributed by atoms with van der Waals surface area (Å²) in [6.07, 6.45) is 0.273. The lowest BCUT2D eigenvalue weighted by Crippen LogP contribution is -2.54. The minimum Gasteiger partial charge on any atom is -0.481 e. The Kier molecular flexibility index (Phi) is 8.76. The van der Waals surface area contributed by atoms with Gasteiger partial charge in [0.1, 0.15) is 12.6 Å². The first-order valence-electron chi connectivity index (χ1n) is 6.96. The third-order valence-corrected chi connectivity index (χ3v) is 3.21. The number of amides is 2. The zero-order valence-electron chi connectivity index (χ0n) is 12.7. The van der Waals surface area contributed by atoms with Crippen molar-refractivity contribution in [3.8, 4) is 0 Å². The van der Waals surface area contributed by atoms with E-state index in [0.29, 0.717) is 6.42 Å². The van der Waals surface area contributed by atoms with E-state index in [-0.39, 0.29) is 18.8 Å². The van der Waals surface area contributed by atoms with Gasteiger partial charge in [0.15, 0.2) is 0 Å². The first-order chi connectivity index (χ1) is 10.2. The molecule has 3 atom stereocenters. The Morgan fingerprint density at radius 3 is 2.14 bits per heavy atom. The highest BCUT2D eigenvalue weighted by atomic mass is 16.4. The normalized spacial score (nSPS) is 14.5. The van der Waals surface area contributed by atoms with Crippen LogP contribution in [0.5, 0.6) is 0 Å². The van der Waals surface area contributed by atoms with E-state index in [4.69, 9.17) is 15.9 Å². The van der Waals surface area contributed by atoms with Crippen molar-refractivity contribution >= 4 is 23.8 Å². The Morgan fingerprint density at radius 2 is 1.68 bits per heavy atom. The van der Waals surface area contributed by atoms with Gasteiger partial charge in [0.25, 0.3) is 0 Å². The van der Waals surface area contributed by atoms with Gasteiger partial charge in [0.05, 0.1) is 6.04 Å². The van der Waals surface area contributed by atoms with Crippen LogP contribution < -0.4 is 16.4 Å². The van der Waals surface area contributed by atoms with Gasteiger partial charge in [-0.1, -0.05) is 20.3 Å². The van der Waals surface area contributed by atoms with E-state index in [1.807, 2.05) is 6.92 Å². The minimum absolute atomic E-state index is 0.0505. The van der Waals surface area contributed by atoms with Crippen LogP contribution in [0, 0.1) is 5.92 Å². The molecular formula is C13H23N3O6. The summed E-state index contributed by atoms with van der Waals surface area (Å²) in [6.45, 7) is 3.00. The molecule has 0 bridgehead atoms. The first-order valence-corrected chi connectivity index (χ1v) is 6.96. The monoisotopic (exact) mass is 317 g/mol. The zero-order valence-corrected chi connectivity index (χ0v) is 12.7. The van der Waals surface area contributed by atoms with Gasteiger partial charge >= 0.3 is 11.9 Å². The number of nitrogens with one attached hydrogen (secondary N) is 2. The fourth-order valence-electron chi connectivity index (χ4n) is 1.64. The van der Waals surface area contributed by atoms with Crippen LogP contribution in [-0.4, -0.2) is 52.6 Å². The Hall–Kier alpha value is -2.16. The molecule has 0 spiro atoms. The van der Waals surface area contributed by atoms with Crippen LogP contribution >= 0.6 is 0 Å². The minimum atomic E-state index is -1.19. The van der Waals surface area contributed by atoms with E-state index in [2.05, 4.69) is 10.6 Å². The molecule has 0 aromatic carbocycles. The molecule has 0 fully saturated rings. The van der Waals surface area contributed by atoms with E-state index in [1.165, 1.54) is 0 Å². The summed E-state index contributed by atoms with van der Waals surface area (Å²) in [4.78, 5) is 44.8. The highest BCUT2D eigenvalue weighted by Crippen LogP contribution is 2.08. The van der Waals surface area contributed by atoms with E-state index >= 15 is 0 Å². The quantitative estimate of drug-likeness (QED) is 0.342. The highest BCUT2D eigenvalue weighted by Gasteiger charge is 2.28. The summed E-state index contributed by atoms with van der Waals surface area (Å²) in [7, 11) is 0. The summed E-state index contributed by atoms with van der Waals surface area (Å²) in [5.74, 6) is -3.75. The lowest BCUT2D eigenvalue weighted by molar-refractivity contribution is -0.138. The van der Waals surface area contributed by atoms with E-state index in [9.17, 15) is 19.2 Å². The summed E-state index contributed by atoms with van der Waals surface area (Å²) in [6, 6.07) is -1.97.